The van der Waals surface area contributed by atoms with E-state index < -0.39 is 0 Å². The molecule has 1 saturated heterocycles. The number of fused-ring (bicyclic) bond motifs is 2. The lowest BCUT2D eigenvalue weighted by atomic mass is 9.86. The van der Waals surface area contributed by atoms with Gasteiger partial charge in [0.25, 0.3) is 0 Å². The monoisotopic (exact) mass is 230 g/mol. The lowest BCUT2D eigenvalue weighted by molar-refractivity contribution is -0.132. The Hall–Kier alpha value is -1.61. The van der Waals surface area contributed by atoms with Crippen LogP contribution in [0.15, 0.2) is 48.3 Å². The van der Waals surface area contributed by atoms with Gasteiger partial charge in [-0.3, -0.25) is 0 Å². The fourth-order valence-electron chi connectivity index (χ4n) is 2.52. The summed E-state index contributed by atoms with van der Waals surface area (Å²) in [6.07, 6.45) is 13.6. The van der Waals surface area contributed by atoms with Crippen molar-refractivity contribution in [3.8, 4) is 0 Å². The highest BCUT2D eigenvalue weighted by molar-refractivity contribution is 5.86. The van der Waals surface area contributed by atoms with E-state index in [0.29, 0.717) is 11.7 Å². The van der Waals surface area contributed by atoms with E-state index in [2.05, 4.69) is 19.1 Å². The number of ether oxygens (including phenoxy) is 2. The molecule has 3 aliphatic heterocycles. The molecule has 3 aliphatic rings. The van der Waals surface area contributed by atoms with Gasteiger partial charge in [0.05, 0.1) is 12.2 Å². The Kier molecular flexibility index (Phi) is 2.48. The molecule has 17 heavy (non-hydrogen) atoms. The minimum atomic E-state index is -0.293. The molecule has 0 aromatic carbocycles. The third-order valence-electron chi connectivity index (χ3n) is 3.49. The Balaban J connectivity index is 1.84. The van der Waals surface area contributed by atoms with Crippen molar-refractivity contribution in [2.45, 2.75) is 19.1 Å². The van der Waals surface area contributed by atoms with Gasteiger partial charge < -0.3 is 9.47 Å². The van der Waals surface area contributed by atoms with Crippen LogP contribution in [-0.2, 0) is 14.3 Å². The van der Waals surface area contributed by atoms with Crippen LogP contribution in [0.4, 0.5) is 0 Å². The molecule has 0 aromatic heterocycles. The smallest absolute Gasteiger partial charge is 0.336 e. The second-order valence-corrected chi connectivity index (χ2v) is 4.60. The van der Waals surface area contributed by atoms with E-state index in [1.807, 2.05) is 18.2 Å². The average molecular weight is 230 g/mol. The Bertz CT molecular complexity index is 456. The van der Waals surface area contributed by atoms with Crippen molar-refractivity contribution in [2.75, 3.05) is 0 Å². The van der Waals surface area contributed by atoms with Crippen molar-refractivity contribution in [3.05, 3.63) is 48.3 Å². The number of rotatable bonds is 1. The Labute approximate surface area is 100 Å². The number of hydrogen-bond donors (Lipinski definition) is 0. The predicted octanol–water partition coefficient (Wildman–Crippen LogP) is 2.13. The number of carbonyl (C=O) groups is 1. The molecule has 88 valence electrons. The zero-order valence-corrected chi connectivity index (χ0v) is 9.58. The fourth-order valence-corrected chi connectivity index (χ4v) is 2.52. The molecular weight excluding hydrogens is 216 g/mol. The highest BCUT2D eigenvalue weighted by Gasteiger charge is 2.39. The van der Waals surface area contributed by atoms with Crippen LogP contribution in [0.1, 0.15) is 6.92 Å². The standard InChI is InChI=1S/C14H14O3/c1-9-11(8-10-6-7-14(15)16-10)13-5-3-2-4-12(9)17-13/h2-9,11-13H,1H3/b10-8-/t9-,11+,12-,13+/m0/s1. The van der Waals surface area contributed by atoms with Gasteiger partial charge in [-0.2, -0.15) is 0 Å². The van der Waals surface area contributed by atoms with Gasteiger partial charge in [0.15, 0.2) is 0 Å². The first-order valence-electron chi connectivity index (χ1n) is 5.86. The van der Waals surface area contributed by atoms with Gasteiger partial charge in [0.1, 0.15) is 5.76 Å². The van der Waals surface area contributed by atoms with Gasteiger partial charge in [-0.05, 0) is 18.1 Å². The summed E-state index contributed by atoms with van der Waals surface area (Å²) in [6.45, 7) is 2.16. The van der Waals surface area contributed by atoms with E-state index in [1.165, 1.54) is 6.08 Å². The van der Waals surface area contributed by atoms with Crippen LogP contribution in [0.5, 0.6) is 0 Å². The van der Waals surface area contributed by atoms with Crippen LogP contribution in [0.2, 0.25) is 0 Å². The highest BCUT2D eigenvalue weighted by Crippen LogP contribution is 2.37. The van der Waals surface area contributed by atoms with E-state index in [0.717, 1.165) is 0 Å². The molecule has 0 aromatic rings. The summed E-state index contributed by atoms with van der Waals surface area (Å²) in [6, 6.07) is 0. The van der Waals surface area contributed by atoms with E-state index in [4.69, 9.17) is 9.47 Å². The first-order valence-corrected chi connectivity index (χ1v) is 5.86. The first kappa shape index (κ1) is 10.5. The summed E-state index contributed by atoms with van der Waals surface area (Å²) in [5.74, 6) is 0.991. The summed E-state index contributed by atoms with van der Waals surface area (Å²) >= 11 is 0. The summed E-state index contributed by atoms with van der Waals surface area (Å²) in [5.41, 5.74) is 0. The van der Waals surface area contributed by atoms with Gasteiger partial charge in [-0.15, -0.1) is 0 Å². The first-order chi connectivity index (χ1) is 8.24. The minimum Gasteiger partial charge on any atom is -0.424 e. The Morgan fingerprint density at radius 1 is 1.18 bits per heavy atom. The maximum absolute atomic E-state index is 11.0. The molecule has 1 fully saturated rings. The summed E-state index contributed by atoms with van der Waals surface area (Å²) in [4.78, 5) is 11.0. The van der Waals surface area contributed by atoms with Crippen LogP contribution >= 0.6 is 0 Å². The normalized spacial score (nSPS) is 41.0. The fraction of sp³-hybridized carbons (Fsp3) is 0.357. The topological polar surface area (TPSA) is 35.5 Å². The van der Waals surface area contributed by atoms with Gasteiger partial charge in [0.2, 0.25) is 0 Å². The van der Waals surface area contributed by atoms with Gasteiger partial charge >= 0.3 is 5.97 Å². The minimum absolute atomic E-state index is 0.0743. The lowest BCUT2D eigenvalue weighted by Gasteiger charge is -2.15. The molecule has 0 radical (unpaired) electrons. The van der Waals surface area contributed by atoms with Gasteiger partial charge in [-0.25, -0.2) is 4.79 Å². The molecule has 2 bridgehead atoms. The molecular formula is C14H14O3. The lowest BCUT2D eigenvalue weighted by Crippen LogP contribution is -2.17. The second kappa shape index (κ2) is 4.00. The zero-order valence-electron chi connectivity index (χ0n) is 9.58. The number of allylic oxidation sites excluding steroid dienone is 3. The second-order valence-electron chi connectivity index (χ2n) is 4.60. The maximum Gasteiger partial charge on any atom is 0.336 e. The number of esters is 1. The summed E-state index contributed by atoms with van der Waals surface area (Å²) in [5, 5.41) is 0. The van der Waals surface area contributed by atoms with Crippen LogP contribution in [-0.4, -0.2) is 18.2 Å². The van der Waals surface area contributed by atoms with Crippen molar-refractivity contribution < 1.29 is 14.3 Å². The quantitative estimate of drug-likeness (QED) is 0.647. The third-order valence-corrected chi connectivity index (χ3v) is 3.49. The molecule has 3 rings (SSSR count). The van der Waals surface area contributed by atoms with Crippen molar-refractivity contribution in [3.63, 3.8) is 0 Å². The van der Waals surface area contributed by atoms with E-state index in [-0.39, 0.29) is 24.1 Å². The van der Waals surface area contributed by atoms with Crippen molar-refractivity contribution >= 4 is 5.97 Å². The number of cyclic esters (lactones) is 1. The van der Waals surface area contributed by atoms with Crippen LogP contribution in [0.25, 0.3) is 0 Å². The van der Waals surface area contributed by atoms with Crippen LogP contribution < -0.4 is 0 Å². The third kappa shape index (κ3) is 1.87. The molecule has 0 saturated carbocycles. The molecule has 3 heteroatoms. The largest absolute Gasteiger partial charge is 0.424 e. The molecule has 0 aliphatic carbocycles. The summed E-state index contributed by atoms with van der Waals surface area (Å²) in [7, 11) is 0. The number of hydrogen-bond acceptors (Lipinski definition) is 3. The Morgan fingerprint density at radius 3 is 2.65 bits per heavy atom. The molecule has 4 atom stereocenters. The van der Waals surface area contributed by atoms with Crippen molar-refractivity contribution in [1.29, 1.82) is 0 Å². The van der Waals surface area contributed by atoms with E-state index >= 15 is 0 Å². The molecule has 0 spiro atoms. The predicted molar refractivity (Wildman–Crippen MR) is 62.9 cm³/mol. The maximum atomic E-state index is 11.0. The van der Waals surface area contributed by atoms with Gasteiger partial charge in [0, 0.05) is 12.0 Å². The SMILES string of the molecule is C[C@H]1[C@@H](/C=C2/C=CC(=O)O2)[C@H]2C=CC=C[C@@H]1O2. The molecule has 0 amide bonds. The van der Waals surface area contributed by atoms with Crippen molar-refractivity contribution in [1.82, 2.24) is 0 Å². The van der Waals surface area contributed by atoms with E-state index in [1.54, 1.807) is 6.08 Å². The van der Waals surface area contributed by atoms with Crippen LogP contribution in [0.3, 0.4) is 0 Å². The Morgan fingerprint density at radius 2 is 1.94 bits per heavy atom. The molecule has 0 unspecified atom stereocenters. The highest BCUT2D eigenvalue weighted by atomic mass is 16.5. The summed E-state index contributed by atoms with van der Waals surface area (Å²) < 4.78 is 11.0. The molecule has 0 N–H and O–H groups in total. The molecule has 3 nitrogen and oxygen atoms in total. The average Bonchev–Trinajstić information content (AvgIpc) is 2.73. The molecule has 3 heterocycles. The number of carbonyl (C=O) groups excluding carboxylic acids is 1. The van der Waals surface area contributed by atoms with Crippen molar-refractivity contribution in [2.24, 2.45) is 11.8 Å². The van der Waals surface area contributed by atoms with Gasteiger partial charge in [-0.1, -0.05) is 31.2 Å². The zero-order chi connectivity index (χ0) is 11.8. The van der Waals surface area contributed by atoms with Crippen LogP contribution in [0, 0.1) is 11.8 Å². The van der Waals surface area contributed by atoms with E-state index in [9.17, 15) is 4.79 Å².